The molecule has 0 spiro atoms. The number of rotatable bonds is 4. The fourth-order valence-corrected chi connectivity index (χ4v) is 1.63. The molecule has 0 saturated carbocycles. The van der Waals surface area contributed by atoms with Crippen molar-refractivity contribution in [1.82, 2.24) is 35.6 Å². The second kappa shape index (κ2) is 5.62. The molecule has 0 unspecified atom stereocenters. The van der Waals surface area contributed by atoms with Crippen LogP contribution in [0.25, 0.3) is 11.3 Å². The van der Waals surface area contributed by atoms with Crippen LogP contribution in [0.5, 0.6) is 0 Å². The van der Waals surface area contributed by atoms with Crippen molar-refractivity contribution in [3.8, 4) is 11.8 Å². The number of tetrazole rings is 1. The van der Waals surface area contributed by atoms with Crippen molar-refractivity contribution in [2.24, 2.45) is 0 Å². The van der Waals surface area contributed by atoms with Gasteiger partial charge in [0.2, 0.25) is 5.82 Å². The molecule has 0 aliphatic rings. The van der Waals surface area contributed by atoms with Gasteiger partial charge < -0.3 is 5.32 Å². The molecule has 0 aliphatic carbocycles. The quantitative estimate of drug-likeness (QED) is 0.676. The van der Waals surface area contributed by atoms with E-state index >= 15 is 0 Å². The normalized spacial score (nSPS) is 11.1. The molecule has 2 N–H and O–H groups in total. The lowest BCUT2D eigenvalue weighted by molar-refractivity contribution is 0.803. The molecule has 9 nitrogen and oxygen atoms in total. The van der Waals surface area contributed by atoms with E-state index in [0.29, 0.717) is 0 Å². The van der Waals surface area contributed by atoms with E-state index in [0.717, 1.165) is 11.4 Å². The number of aromatic nitrogens is 7. The predicted molar refractivity (Wildman–Crippen MR) is 72.7 cm³/mol. The number of H-pyrrole nitrogens is 1. The molecule has 2 aromatic heterocycles. The van der Waals surface area contributed by atoms with E-state index in [-0.39, 0.29) is 11.4 Å². The molecule has 9 heteroatoms. The lowest BCUT2D eigenvalue weighted by Crippen LogP contribution is -1.96. The fraction of sp³-hybridized carbons (Fsp3) is 0. The topological polar surface area (TPSA) is 121 Å². The largest absolute Gasteiger partial charge is 0.360 e. The Kier molecular flexibility index (Phi) is 3.34. The summed E-state index contributed by atoms with van der Waals surface area (Å²) in [4.78, 5) is 0. The summed E-state index contributed by atoms with van der Waals surface area (Å²) >= 11 is 0. The number of nitrogens with zero attached hydrogens (tertiary/aromatic N) is 7. The summed E-state index contributed by atoms with van der Waals surface area (Å²) in [7, 11) is 0. The van der Waals surface area contributed by atoms with Crippen molar-refractivity contribution in [2.45, 2.75) is 0 Å². The number of anilines is 1. The second-order valence-electron chi connectivity index (χ2n) is 3.94. The second-order valence-corrected chi connectivity index (χ2v) is 3.94. The van der Waals surface area contributed by atoms with Gasteiger partial charge in [-0.05, 0) is 29.5 Å². The van der Waals surface area contributed by atoms with Crippen molar-refractivity contribution in [1.29, 1.82) is 5.26 Å². The molecule has 21 heavy (non-hydrogen) atoms. The number of hydrogen-bond donors (Lipinski definition) is 2. The van der Waals surface area contributed by atoms with Crippen LogP contribution in [0, 0.1) is 11.3 Å². The van der Waals surface area contributed by atoms with Gasteiger partial charge in [-0.2, -0.15) is 10.5 Å². The van der Waals surface area contributed by atoms with Gasteiger partial charge in [0.25, 0.3) is 0 Å². The first-order chi connectivity index (χ1) is 10.4. The van der Waals surface area contributed by atoms with Crippen molar-refractivity contribution >= 4 is 11.3 Å². The first-order valence-corrected chi connectivity index (χ1v) is 5.94. The Morgan fingerprint density at radius 1 is 1.33 bits per heavy atom. The molecule has 0 saturated heterocycles. The zero-order valence-electron chi connectivity index (χ0n) is 10.7. The van der Waals surface area contributed by atoms with Gasteiger partial charge in [0.15, 0.2) is 0 Å². The Morgan fingerprint density at radius 2 is 2.19 bits per heavy atom. The van der Waals surface area contributed by atoms with E-state index < -0.39 is 0 Å². The van der Waals surface area contributed by atoms with Crippen LogP contribution in [-0.4, -0.2) is 35.6 Å². The maximum absolute atomic E-state index is 9.05. The van der Waals surface area contributed by atoms with Gasteiger partial charge in [-0.25, -0.2) is 4.68 Å². The maximum Gasteiger partial charge on any atom is 0.216 e. The first kappa shape index (κ1) is 12.5. The SMILES string of the molecule is N#CC(=CNc1ccc(-n2ccnn2)cc1)c1nn[nH]n1. The Bertz CT molecular complexity index is 763. The fourth-order valence-electron chi connectivity index (χ4n) is 1.63. The molecule has 3 rings (SSSR count). The van der Waals surface area contributed by atoms with Gasteiger partial charge in [-0.1, -0.05) is 5.21 Å². The molecule has 1 aromatic carbocycles. The highest BCUT2D eigenvalue weighted by molar-refractivity contribution is 5.74. The highest BCUT2D eigenvalue weighted by Crippen LogP contribution is 2.13. The standard InChI is InChI=1S/C12H9N9/c13-7-9(12-16-18-19-17-12)8-14-10-1-3-11(4-2-10)21-6-5-15-20-21/h1-6,8,14H,(H,16,17,18,19). The Labute approximate surface area is 118 Å². The molecule has 102 valence electrons. The van der Waals surface area contributed by atoms with E-state index in [2.05, 4.69) is 36.3 Å². The van der Waals surface area contributed by atoms with Crippen molar-refractivity contribution in [2.75, 3.05) is 5.32 Å². The van der Waals surface area contributed by atoms with E-state index in [1.165, 1.54) is 6.20 Å². The number of nitrogens with one attached hydrogen (secondary N) is 2. The summed E-state index contributed by atoms with van der Waals surface area (Å²) in [5.74, 6) is 0.240. The van der Waals surface area contributed by atoms with Crippen molar-refractivity contribution in [3.05, 3.63) is 48.7 Å². The summed E-state index contributed by atoms with van der Waals surface area (Å²) in [6.07, 6.45) is 4.89. The monoisotopic (exact) mass is 279 g/mol. The molecule has 2 heterocycles. The average molecular weight is 279 g/mol. The van der Waals surface area contributed by atoms with E-state index in [1.54, 1.807) is 17.1 Å². The zero-order chi connectivity index (χ0) is 14.5. The lowest BCUT2D eigenvalue weighted by atomic mass is 10.2. The number of hydrogen-bond acceptors (Lipinski definition) is 7. The number of benzene rings is 1. The van der Waals surface area contributed by atoms with Crippen molar-refractivity contribution in [3.63, 3.8) is 0 Å². The Balaban J connectivity index is 1.75. The summed E-state index contributed by atoms with van der Waals surface area (Å²) in [5.41, 5.74) is 1.99. The number of aromatic amines is 1. The van der Waals surface area contributed by atoms with Gasteiger partial charge in [0.1, 0.15) is 11.6 Å². The van der Waals surface area contributed by atoms with Gasteiger partial charge in [0, 0.05) is 11.9 Å². The van der Waals surface area contributed by atoms with Crippen LogP contribution < -0.4 is 5.32 Å². The smallest absolute Gasteiger partial charge is 0.216 e. The van der Waals surface area contributed by atoms with Crippen LogP contribution in [0.2, 0.25) is 0 Å². The molecular formula is C12H9N9. The third-order valence-corrected chi connectivity index (χ3v) is 2.64. The molecule has 3 aromatic rings. The van der Waals surface area contributed by atoms with Gasteiger partial charge in [-0.15, -0.1) is 15.3 Å². The molecule has 0 radical (unpaired) electrons. The van der Waals surface area contributed by atoms with Crippen LogP contribution >= 0.6 is 0 Å². The van der Waals surface area contributed by atoms with Gasteiger partial charge >= 0.3 is 0 Å². The van der Waals surface area contributed by atoms with Crippen LogP contribution in [0.15, 0.2) is 42.9 Å². The minimum Gasteiger partial charge on any atom is -0.360 e. The molecule has 0 aliphatic heterocycles. The van der Waals surface area contributed by atoms with Gasteiger partial charge in [0.05, 0.1) is 18.1 Å². The van der Waals surface area contributed by atoms with Crippen molar-refractivity contribution < 1.29 is 0 Å². The van der Waals surface area contributed by atoms with Gasteiger partial charge in [-0.3, -0.25) is 0 Å². The summed E-state index contributed by atoms with van der Waals surface area (Å²) in [6, 6.07) is 9.48. The minimum atomic E-state index is 0.240. The molecule has 0 fully saturated rings. The molecule has 0 amide bonds. The number of nitriles is 1. The van der Waals surface area contributed by atoms with Crippen LogP contribution in [0.3, 0.4) is 0 Å². The van der Waals surface area contributed by atoms with E-state index in [9.17, 15) is 0 Å². The highest BCUT2D eigenvalue weighted by Gasteiger charge is 2.05. The summed E-state index contributed by atoms with van der Waals surface area (Å²) in [6.45, 7) is 0. The van der Waals surface area contributed by atoms with E-state index in [4.69, 9.17) is 5.26 Å². The first-order valence-electron chi connectivity index (χ1n) is 5.94. The zero-order valence-corrected chi connectivity index (χ0v) is 10.7. The summed E-state index contributed by atoms with van der Waals surface area (Å²) < 4.78 is 1.65. The number of allylic oxidation sites excluding steroid dienone is 1. The van der Waals surface area contributed by atoms with Crippen LogP contribution in [-0.2, 0) is 0 Å². The molecule has 0 atom stereocenters. The maximum atomic E-state index is 9.05. The molecule has 0 bridgehead atoms. The minimum absolute atomic E-state index is 0.240. The third kappa shape index (κ3) is 2.74. The lowest BCUT2D eigenvalue weighted by Gasteiger charge is -2.03. The average Bonchev–Trinajstić information content (AvgIpc) is 3.22. The summed E-state index contributed by atoms with van der Waals surface area (Å²) in [5, 5.41) is 32.9. The highest BCUT2D eigenvalue weighted by atomic mass is 15.5. The van der Waals surface area contributed by atoms with Crippen LogP contribution in [0.4, 0.5) is 5.69 Å². The molecular weight excluding hydrogens is 270 g/mol. The Morgan fingerprint density at radius 3 is 2.81 bits per heavy atom. The van der Waals surface area contributed by atoms with E-state index in [1.807, 2.05) is 30.3 Å². The van der Waals surface area contributed by atoms with Crippen LogP contribution in [0.1, 0.15) is 5.82 Å². The predicted octanol–water partition coefficient (Wildman–Crippen LogP) is 0.757. The Hall–Kier alpha value is -3.54. The third-order valence-electron chi connectivity index (χ3n) is 2.64.